The third-order valence-electron chi connectivity index (χ3n) is 8.44. The maximum absolute atomic E-state index is 7.98. The fourth-order valence-electron chi connectivity index (χ4n) is 6.79. The number of benzene rings is 6. The van der Waals surface area contributed by atoms with E-state index < -0.39 is 6.83 Å². The average molecular weight is 550 g/mol. The summed E-state index contributed by atoms with van der Waals surface area (Å²) in [6.07, 6.45) is 0. The summed E-state index contributed by atoms with van der Waals surface area (Å²) in [6, 6.07) is 65.3. The first-order valence-corrected chi connectivity index (χ1v) is 16.4. The number of anilines is 1. The zero-order chi connectivity index (χ0) is 27.6. The van der Waals surface area contributed by atoms with Gasteiger partial charge in [-0.3, -0.25) is 0 Å². The Morgan fingerprint density at radius 1 is 0.390 bits per heavy atom. The van der Waals surface area contributed by atoms with Gasteiger partial charge in [0.05, 0.1) is 0 Å². The van der Waals surface area contributed by atoms with Gasteiger partial charge >= 0.3 is 243 Å². The van der Waals surface area contributed by atoms with Gasteiger partial charge in [0, 0.05) is 0 Å². The van der Waals surface area contributed by atoms with Crippen LogP contribution in [-0.2, 0) is 4.62 Å². The molecule has 0 bridgehead atoms. The molecule has 0 N–H and O–H groups in total. The quantitative estimate of drug-likeness (QED) is 0.194. The van der Waals surface area contributed by atoms with Gasteiger partial charge in [-0.05, 0) is 0 Å². The van der Waals surface area contributed by atoms with Gasteiger partial charge in [-0.2, -0.15) is 0 Å². The van der Waals surface area contributed by atoms with E-state index in [-0.39, 0.29) is 11.7 Å². The molecule has 0 aliphatic carbocycles. The summed E-state index contributed by atoms with van der Waals surface area (Å²) in [7, 11) is 0. The van der Waals surface area contributed by atoms with Crippen LogP contribution in [0.5, 0.6) is 0 Å². The molecule has 6 aromatic rings. The molecule has 3 heteroatoms. The fraction of sp³-hybridized carbons (Fsp3) is 0.0526. The Hall–Kier alpha value is -4.49. The Kier molecular flexibility index (Phi) is 6.51. The zero-order valence-corrected chi connectivity index (χ0v) is 23.7. The number of rotatable bonds is 6. The molecule has 0 radical (unpaired) electrons. The molecule has 7 rings (SSSR count). The summed E-state index contributed by atoms with van der Waals surface area (Å²) in [5.74, 6) is 0. The molecule has 0 saturated carbocycles. The monoisotopic (exact) mass is 549 g/mol. The molecule has 0 amide bonds. The van der Waals surface area contributed by atoms with Crippen LogP contribution in [-0.4, -0.2) is 0 Å². The average Bonchev–Trinajstić information content (AvgIpc) is 3.42. The van der Waals surface area contributed by atoms with Crippen LogP contribution in [0.3, 0.4) is 0 Å². The Bertz CT molecular complexity index is 1610. The Balaban J connectivity index is 1.71. The molecule has 1 fully saturated rings. The molecule has 200 valence electrons. The molecule has 41 heavy (non-hydrogen) atoms. The van der Waals surface area contributed by atoms with Crippen molar-refractivity contribution in [2.75, 3.05) is 5.06 Å². The molecule has 0 spiro atoms. The molecule has 2 unspecified atom stereocenters. The van der Waals surface area contributed by atoms with Crippen molar-refractivity contribution in [1.29, 1.82) is 0 Å². The van der Waals surface area contributed by atoms with Crippen molar-refractivity contribution >= 4 is 28.4 Å². The Morgan fingerprint density at radius 2 is 0.732 bits per heavy atom. The molecule has 2 nitrogen and oxygen atoms in total. The van der Waals surface area contributed by atoms with E-state index in [4.69, 9.17) is 4.62 Å². The number of hydrogen-bond acceptors (Lipinski definition) is 2. The van der Waals surface area contributed by atoms with Crippen molar-refractivity contribution < 1.29 is 4.62 Å². The molecule has 1 heterocycles. The summed E-state index contributed by atoms with van der Waals surface area (Å²) in [4.78, 5) is 0. The summed E-state index contributed by atoms with van der Waals surface area (Å²) in [6.45, 7) is -3.79. The summed E-state index contributed by atoms with van der Waals surface area (Å²) < 4.78 is 7.98. The third-order valence-corrected chi connectivity index (χ3v) is 14.6. The molecule has 1 aliphatic heterocycles. The van der Waals surface area contributed by atoms with E-state index in [2.05, 4.69) is 187 Å². The van der Waals surface area contributed by atoms with Gasteiger partial charge in [0.2, 0.25) is 0 Å². The third kappa shape index (κ3) is 3.87. The second-order valence-corrected chi connectivity index (χ2v) is 15.0. The predicted molar refractivity (Wildman–Crippen MR) is 174 cm³/mol. The van der Waals surface area contributed by atoms with Crippen LogP contribution in [0, 0.1) is 0 Å². The summed E-state index contributed by atoms with van der Waals surface area (Å²) in [5, 5.41) is 5.86. The van der Waals surface area contributed by atoms with Crippen LogP contribution < -0.4 is 21.0 Å². The minimum atomic E-state index is -3.79. The number of hydrogen-bond donors (Lipinski definition) is 0. The van der Waals surface area contributed by atoms with Gasteiger partial charge in [0.25, 0.3) is 0 Å². The van der Waals surface area contributed by atoms with Gasteiger partial charge in [0.1, 0.15) is 0 Å². The van der Waals surface area contributed by atoms with Crippen LogP contribution in [0.4, 0.5) is 5.69 Å². The van der Waals surface area contributed by atoms with Crippen LogP contribution in [0.15, 0.2) is 182 Å². The van der Waals surface area contributed by atoms with Crippen molar-refractivity contribution in [1.82, 2.24) is 0 Å². The van der Waals surface area contributed by atoms with E-state index in [9.17, 15) is 0 Å². The SMILES string of the molecule is c1ccc(C2C(c3ccccc3)P(c3ccccc3)(c3ccccc3)(c3ccccc3)ON2c2ccccc2)cc1. The molecule has 6 aromatic carbocycles. The topological polar surface area (TPSA) is 12.5 Å². The molecule has 2 atom stereocenters. The summed E-state index contributed by atoms with van der Waals surface area (Å²) >= 11 is 0. The van der Waals surface area contributed by atoms with Crippen molar-refractivity contribution in [2.24, 2.45) is 0 Å². The fourth-order valence-corrected chi connectivity index (χ4v) is 13.5. The first-order chi connectivity index (χ1) is 20.3. The Labute approximate surface area is 242 Å². The van der Waals surface area contributed by atoms with E-state index >= 15 is 0 Å². The van der Waals surface area contributed by atoms with Crippen molar-refractivity contribution in [3.8, 4) is 0 Å². The standard InChI is InChI=1S/C38H32NOP/c1-7-19-31(20-8-1)37-38(32-21-9-2-10-22-32)41(34-25-13-4-14-26-34,35-27-15-5-16-28-35,36-29-17-6-18-30-36)40-39(37)33-23-11-3-12-24-33/h1-30,37-38H. The van der Waals surface area contributed by atoms with E-state index in [1.807, 2.05) is 0 Å². The molecule has 1 saturated heterocycles. The molecular weight excluding hydrogens is 517 g/mol. The van der Waals surface area contributed by atoms with Gasteiger partial charge in [-0.15, -0.1) is 0 Å². The van der Waals surface area contributed by atoms with E-state index in [0.29, 0.717) is 0 Å². The Morgan fingerprint density at radius 3 is 1.15 bits per heavy atom. The van der Waals surface area contributed by atoms with Crippen LogP contribution in [0.1, 0.15) is 22.8 Å². The van der Waals surface area contributed by atoms with Crippen LogP contribution in [0.2, 0.25) is 0 Å². The first kappa shape index (κ1) is 25.5. The predicted octanol–water partition coefficient (Wildman–Crippen LogP) is 8.37. The minimum absolute atomic E-state index is 0.0444. The van der Waals surface area contributed by atoms with E-state index in [0.717, 1.165) is 5.69 Å². The van der Waals surface area contributed by atoms with Gasteiger partial charge in [0.15, 0.2) is 0 Å². The number of para-hydroxylation sites is 1. The van der Waals surface area contributed by atoms with E-state index in [1.54, 1.807) is 0 Å². The normalized spacial score (nSPS) is 20.1. The molecule has 0 aromatic heterocycles. The molecule has 1 aliphatic rings. The van der Waals surface area contributed by atoms with Gasteiger partial charge in [-0.25, -0.2) is 0 Å². The van der Waals surface area contributed by atoms with Crippen LogP contribution in [0.25, 0.3) is 0 Å². The van der Waals surface area contributed by atoms with Crippen molar-refractivity contribution in [3.05, 3.63) is 193 Å². The maximum atomic E-state index is 7.98. The van der Waals surface area contributed by atoms with E-state index in [1.165, 1.54) is 27.0 Å². The first-order valence-electron chi connectivity index (χ1n) is 14.2. The second kappa shape index (κ2) is 10.5. The number of nitrogens with zero attached hydrogens (tertiary/aromatic N) is 1. The van der Waals surface area contributed by atoms with Crippen molar-refractivity contribution in [2.45, 2.75) is 11.7 Å². The second-order valence-electron chi connectivity index (χ2n) is 10.6. The summed E-state index contributed by atoms with van der Waals surface area (Å²) in [5.41, 5.74) is 3.47. The van der Waals surface area contributed by atoms with Gasteiger partial charge in [-0.1, -0.05) is 0 Å². The number of hydroxylamine groups is 1. The molecular formula is C38H32NOP. The van der Waals surface area contributed by atoms with Crippen molar-refractivity contribution in [3.63, 3.8) is 0 Å². The van der Waals surface area contributed by atoms with Crippen LogP contribution >= 0.6 is 6.83 Å². The van der Waals surface area contributed by atoms with Gasteiger partial charge < -0.3 is 0 Å². The zero-order valence-electron chi connectivity index (χ0n) is 22.8.